The van der Waals surface area contributed by atoms with Crippen molar-refractivity contribution < 1.29 is 9.53 Å². The van der Waals surface area contributed by atoms with Gasteiger partial charge in [-0.25, -0.2) is 4.68 Å². The average molecular weight is 316 g/mol. The summed E-state index contributed by atoms with van der Waals surface area (Å²) >= 11 is 0. The van der Waals surface area contributed by atoms with Gasteiger partial charge in [0.25, 0.3) is 5.91 Å². The lowest BCUT2D eigenvalue weighted by molar-refractivity contribution is 0.0730. The topological polar surface area (TPSA) is 60.2 Å². The lowest BCUT2D eigenvalue weighted by atomic mass is 10.1. The summed E-state index contributed by atoms with van der Waals surface area (Å²) < 4.78 is 6.89. The van der Waals surface area contributed by atoms with Crippen LogP contribution in [0, 0.1) is 6.92 Å². The second-order valence-corrected chi connectivity index (χ2v) is 5.69. The average Bonchev–Trinajstić information content (AvgIpc) is 2.95. The molecule has 1 aromatic heterocycles. The number of rotatable bonds is 6. The van der Waals surface area contributed by atoms with E-state index in [9.17, 15) is 4.79 Å². The highest BCUT2D eigenvalue weighted by molar-refractivity contribution is 5.93. The zero-order valence-corrected chi connectivity index (χ0v) is 14.4. The molecule has 1 atom stereocenters. The molecule has 0 N–H and O–H groups in total. The summed E-state index contributed by atoms with van der Waals surface area (Å²) in [4.78, 5) is 14.4. The first kappa shape index (κ1) is 17.0. The molecular weight excluding hydrogens is 292 g/mol. The number of methoxy groups -OCH3 is 1. The molecule has 0 fully saturated rings. The van der Waals surface area contributed by atoms with Crippen LogP contribution in [-0.2, 0) is 0 Å². The second kappa shape index (κ2) is 7.26. The molecule has 6 nitrogen and oxygen atoms in total. The van der Waals surface area contributed by atoms with Gasteiger partial charge in [-0.3, -0.25) is 4.79 Å². The number of carbonyl (C=O) groups excluding carboxylic acids is 1. The van der Waals surface area contributed by atoms with Crippen LogP contribution in [0.2, 0.25) is 0 Å². The zero-order chi connectivity index (χ0) is 17.0. The van der Waals surface area contributed by atoms with E-state index in [4.69, 9.17) is 4.74 Å². The number of hydrogen-bond acceptors (Lipinski definition) is 4. The highest BCUT2D eigenvalue weighted by Crippen LogP contribution is 2.19. The molecule has 2 aromatic rings. The Morgan fingerprint density at radius 1 is 1.43 bits per heavy atom. The highest BCUT2D eigenvalue weighted by atomic mass is 16.5. The molecule has 0 spiro atoms. The first-order valence-corrected chi connectivity index (χ1v) is 7.83. The molecule has 0 saturated carbocycles. The van der Waals surface area contributed by atoms with E-state index in [1.807, 2.05) is 45.2 Å². The Balaban J connectivity index is 2.30. The minimum absolute atomic E-state index is 0.0994. The van der Waals surface area contributed by atoms with Crippen molar-refractivity contribution in [2.24, 2.45) is 0 Å². The van der Waals surface area contributed by atoms with Gasteiger partial charge >= 0.3 is 0 Å². The number of amides is 1. The van der Waals surface area contributed by atoms with Crippen molar-refractivity contribution in [3.8, 4) is 11.4 Å². The maximum atomic E-state index is 12.6. The molecule has 124 valence electrons. The molecule has 0 aliphatic carbocycles. The summed E-state index contributed by atoms with van der Waals surface area (Å²) in [5.41, 5.74) is 1.93. The van der Waals surface area contributed by atoms with Crippen molar-refractivity contribution in [3.05, 3.63) is 35.7 Å². The van der Waals surface area contributed by atoms with Crippen molar-refractivity contribution in [2.45, 2.75) is 39.7 Å². The van der Waals surface area contributed by atoms with E-state index in [0.29, 0.717) is 5.69 Å². The minimum Gasteiger partial charge on any atom is -0.497 e. The first-order chi connectivity index (χ1) is 11.0. The van der Waals surface area contributed by atoms with Crippen LogP contribution >= 0.6 is 0 Å². The van der Waals surface area contributed by atoms with Gasteiger partial charge in [0.2, 0.25) is 0 Å². The fraction of sp³-hybridized carbons (Fsp3) is 0.471. The van der Waals surface area contributed by atoms with Crippen molar-refractivity contribution in [2.75, 3.05) is 14.2 Å². The number of ether oxygens (including phenoxy) is 1. The first-order valence-electron chi connectivity index (χ1n) is 7.83. The van der Waals surface area contributed by atoms with E-state index in [-0.39, 0.29) is 11.9 Å². The maximum Gasteiger partial charge on any atom is 0.276 e. The number of hydrogen-bond donors (Lipinski definition) is 0. The van der Waals surface area contributed by atoms with E-state index < -0.39 is 0 Å². The lowest BCUT2D eigenvalue weighted by Crippen LogP contribution is -2.35. The van der Waals surface area contributed by atoms with Gasteiger partial charge in [-0.05, 0) is 32.4 Å². The number of aromatic nitrogens is 3. The number of nitrogens with zero attached hydrogens (tertiary/aromatic N) is 4. The molecule has 1 amide bonds. The van der Waals surface area contributed by atoms with Gasteiger partial charge in [-0.1, -0.05) is 24.6 Å². The molecule has 0 unspecified atom stereocenters. The van der Waals surface area contributed by atoms with Crippen molar-refractivity contribution in [1.29, 1.82) is 0 Å². The van der Waals surface area contributed by atoms with Crippen molar-refractivity contribution in [3.63, 3.8) is 0 Å². The standard InChI is InChI=1S/C17H24N4O2/c1-6-8-12(2)20(4)17(22)16-13(3)21(19-18-16)14-9-7-10-15(11-14)23-5/h7,9-12H,6,8H2,1-5H3/t12-/m0/s1. The minimum atomic E-state index is -0.0994. The molecule has 2 rings (SSSR count). The normalized spacial score (nSPS) is 12.0. The van der Waals surface area contributed by atoms with E-state index in [0.717, 1.165) is 30.0 Å². The van der Waals surface area contributed by atoms with Crippen LogP contribution in [0.25, 0.3) is 5.69 Å². The van der Waals surface area contributed by atoms with Crippen LogP contribution in [0.15, 0.2) is 24.3 Å². The molecule has 0 aliphatic rings. The third-order valence-corrected chi connectivity index (χ3v) is 4.08. The van der Waals surface area contributed by atoms with E-state index in [2.05, 4.69) is 17.2 Å². The summed E-state index contributed by atoms with van der Waals surface area (Å²) in [5.74, 6) is 0.636. The lowest BCUT2D eigenvalue weighted by Gasteiger charge is -2.23. The fourth-order valence-corrected chi connectivity index (χ4v) is 2.49. The van der Waals surface area contributed by atoms with Crippen LogP contribution in [-0.4, -0.2) is 46.0 Å². The van der Waals surface area contributed by atoms with Crippen LogP contribution in [0.1, 0.15) is 42.9 Å². The Hall–Kier alpha value is -2.37. The zero-order valence-electron chi connectivity index (χ0n) is 14.4. The summed E-state index contributed by atoms with van der Waals surface area (Å²) in [6.07, 6.45) is 2.00. The summed E-state index contributed by atoms with van der Waals surface area (Å²) in [6.45, 7) is 6.01. The predicted octanol–water partition coefficient (Wildman–Crippen LogP) is 2.84. The van der Waals surface area contributed by atoms with Gasteiger partial charge in [-0.2, -0.15) is 0 Å². The van der Waals surface area contributed by atoms with Gasteiger partial charge in [0, 0.05) is 19.2 Å². The van der Waals surface area contributed by atoms with Crippen LogP contribution < -0.4 is 4.74 Å². The van der Waals surface area contributed by atoms with E-state index in [1.54, 1.807) is 16.7 Å². The molecule has 6 heteroatoms. The Kier molecular flexibility index (Phi) is 5.36. The van der Waals surface area contributed by atoms with Gasteiger partial charge < -0.3 is 9.64 Å². The number of benzene rings is 1. The third kappa shape index (κ3) is 3.52. The van der Waals surface area contributed by atoms with Crippen molar-refractivity contribution in [1.82, 2.24) is 19.9 Å². The van der Waals surface area contributed by atoms with Crippen molar-refractivity contribution >= 4 is 5.91 Å². The summed E-state index contributed by atoms with van der Waals surface area (Å²) in [5, 5.41) is 8.23. The third-order valence-electron chi connectivity index (χ3n) is 4.08. The quantitative estimate of drug-likeness (QED) is 0.822. The Morgan fingerprint density at radius 2 is 2.17 bits per heavy atom. The van der Waals surface area contributed by atoms with E-state index >= 15 is 0 Å². The molecule has 1 aromatic carbocycles. The highest BCUT2D eigenvalue weighted by Gasteiger charge is 2.23. The molecule has 0 radical (unpaired) electrons. The predicted molar refractivity (Wildman–Crippen MR) is 89.1 cm³/mol. The van der Waals surface area contributed by atoms with Crippen LogP contribution in [0.5, 0.6) is 5.75 Å². The van der Waals surface area contributed by atoms with Crippen LogP contribution in [0.4, 0.5) is 0 Å². The fourth-order valence-electron chi connectivity index (χ4n) is 2.49. The summed E-state index contributed by atoms with van der Waals surface area (Å²) in [7, 11) is 3.43. The monoisotopic (exact) mass is 316 g/mol. The molecule has 0 bridgehead atoms. The summed E-state index contributed by atoms with van der Waals surface area (Å²) in [6, 6.07) is 7.68. The second-order valence-electron chi connectivity index (χ2n) is 5.69. The van der Waals surface area contributed by atoms with Gasteiger partial charge in [-0.15, -0.1) is 5.10 Å². The number of carbonyl (C=O) groups is 1. The van der Waals surface area contributed by atoms with Gasteiger partial charge in [0.1, 0.15) is 5.75 Å². The Bertz CT molecular complexity index is 681. The van der Waals surface area contributed by atoms with Gasteiger partial charge in [0.05, 0.1) is 18.5 Å². The SMILES string of the molecule is CCC[C@H](C)N(C)C(=O)c1nnn(-c2cccc(OC)c2)c1C. The van der Waals surface area contributed by atoms with Crippen LogP contribution in [0.3, 0.4) is 0 Å². The molecule has 1 heterocycles. The molecule has 0 saturated heterocycles. The Labute approximate surface area is 137 Å². The van der Waals surface area contributed by atoms with Gasteiger partial charge in [0.15, 0.2) is 5.69 Å². The molecular formula is C17H24N4O2. The van der Waals surface area contributed by atoms with E-state index in [1.165, 1.54) is 0 Å². The molecule has 23 heavy (non-hydrogen) atoms. The smallest absolute Gasteiger partial charge is 0.276 e. The Morgan fingerprint density at radius 3 is 2.83 bits per heavy atom. The largest absolute Gasteiger partial charge is 0.497 e. The maximum absolute atomic E-state index is 12.6. The molecule has 0 aliphatic heterocycles.